The summed E-state index contributed by atoms with van der Waals surface area (Å²) in [7, 11) is 0. The third kappa shape index (κ3) is 4.94. The van der Waals surface area contributed by atoms with Crippen LogP contribution >= 0.6 is 0 Å². The highest BCUT2D eigenvalue weighted by Gasteiger charge is 2.15. The summed E-state index contributed by atoms with van der Waals surface area (Å²) in [4.78, 5) is 24.0. The average Bonchev–Trinajstić information content (AvgIpc) is 2.49. The highest BCUT2D eigenvalue weighted by Crippen LogP contribution is 2.19. The van der Waals surface area contributed by atoms with E-state index in [0.717, 1.165) is 11.3 Å². The zero-order valence-corrected chi connectivity index (χ0v) is 14.5. The maximum absolute atomic E-state index is 12.0. The molecule has 0 unspecified atom stereocenters. The molecule has 1 heterocycles. The van der Waals surface area contributed by atoms with Crippen LogP contribution in [0.1, 0.15) is 27.7 Å². The van der Waals surface area contributed by atoms with Gasteiger partial charge in [0.15, 0.2) is 0 Å². The summed E-state index contributed by atoms with van der Waals surface area (Å²) in [6.45, 7) is 8.08. The van der Waals surface area contributed by atoms with E-state index in [1.165, 1.54) is 10.7 Å². The Bertz CT molecular complexity index is 758. The molecule has 0 bridgehead atoms. The van der Waals surface area contributed by atoms with Gasteiger partial charge in [0.2, 0.25) is 5.91 Å². The van der Waals surface area contributed by atoms with E-state index in [2.05, 4.69) is 10.4 Å². The SMILES string of the molecule is CCOc1ccc(-c2ccc(=O)n(CC(=O)NC(C)(C)C)n2)cc1. The van der Waals surface area contributed by atoms with Gasteiger partial charge in [-0.05, 0) is 58.0 Å². The number of benzene rings is 1. The predicted octanol–water partition coefficient (Wildman–Crippen LogP) is 2.22. The summed E-state index contributed by atoms with van der Waals surface area (Å²) >= 11 is 0. The molecule has 128 valence electrons. The molecule has 0 fully saturated rings. The van der Waals surface area contributed by atoms with Crippen molar-refractivity contribution in [1.29, 1.82) is 0 Å². The first-order chi connectivity index (χ1) is 11.3. The lowest BCUT2D eigenvalue weighted by molar-refractivity contribution is -0.123. The molecule has 0 atom stereocenters. The fourth-order valence-corrected chi connectivity index (χ4v) is 2.20. The number of nitrogens with one attached hydrogen (secondary N) is 1. The van der Waals surface area contributed by atoms with Crippen molar-refractivity contribution in [2.75, 3.05) is 6.61 Å². The number of carbonyl (C=O) groups is 1. The number of hydrogen-bond acceptors (Lipinski definition) is 4. The molecule has 0 aliphatic rings. The number of rotatable bonds is 5. The smallest absolute Gasteiger partial charge is 0.267 e. The van der Waals surface area contributed by atoms with E-state index in [9.17, 15) is 9.59 Å². The number of amides is 1. The predicted molar refractivity (Wildman–Crippen MR) is 93.0 cm³/mol. The molecule has 0 aliphatic carbocycles. The second kappa shape index (κ2) is 7.29. The number of hydrogen-bond donors (Lipinski definition) is 1. The Balaban J connectivity index is 2.22. The van der Waals surface area contributed by atoms with E-state index < -0.39 is 0 Å². The normalized spacial score (nSPS) is 11.2. The summed E-state index contributed by atoms with van der Waals surface area (Å²) in [6, 6.07) is 10.5. The third-order valence-corrected chi connectivity index (χ3v) is 3.14. The monoisotopic (exact) mass is 329 g/mol. The van der Waals surface area contributed by atoms with E-state index in [4.69, 9.17) is 4.74 Å². The quantitative estimate of drug-likeness (QED) is 0.913. The van der Waals surface area contributed by atoms with Crippen molar-refractivity contribution in [3.8, 4) is 17.0 Å². The van der Waals surface area contributed by atoms with Crippen LogP contribution in [0.5, 0.6) is 5.75 Å². The highest BCUT2D eigenvalue weighted by molar-refractivity contribution is 5.76. The molecule has 0 saturated carbocycles. The fraction of sp³-hybridized carbons (Fsp3) is 0.389. The van der Waals surface area contributed by atoms with Crippen LogP contribution in [-0.2, 0) is 11.3 Å². The minimum atomic E-state index is -0.354. The molecule has 1 N–H and O–H groups in total. The van der Waals surface area contributed by atoms with Crippen LogP contribution < -0.4 is 15.6 Å². The van der Waals surface area contributed by atoms with Crippen LogP contribution in [0.15, 0.2) is 41.2 Å². The van der Waals surface area contributed by atoms with E-state index in [-0.39, 0.29) is 23.6 Å². The van der Waals surface area contributed by atoms with E-state index in [1.54, 1.807) is 6.07 Å². The Morgan fingerprint density at radius 3 is 2.42 bits per heavy atom. The Labute approximate surface area is 141 Å². The van der Waals surface area contributed by atoms with Crippen molar-refractivity contribution in [3.63, 3.8) is 0 Å². The molecule has 0 aliphatic heterocycles. The first-order valence-corrected chi connectivity index (χ1v) is 7.91. The van der Waals surface area contributed by atoms with Gasteiger partial charge in [0.25, 0.3) is 5.56 Å². The maximum atomic E-state index is 12.0. The molecule has 6 heteroatoms. The summed E-state index contributed by atoms with van der Waals surface area (Å²) in [5.74, 6) is 0.528. The van der Waals surface area contributed by atoms with Crippen LogP contribution in [0.2, 0.25) is 0 Å². The van der Waals surface area contributed by atoms with Crippen molar-refractivity contribution >= 4 is 5.91 Å². The largest absolute Gasteiger partial charge is 0.494 e. The van der Waals surface area contributed by atoms with Crippen molar-refractivity contribution < 1.29 is 9.53 Å². The average molecular weight is 329 g/mol. The Hall–Kier alpha value is -2.63. The molecule has 2 rings (SSSR count). The van der Waals surface area contributed by atoms with Crippen molar-refractivity contribution in [2.24, 2.45) is 0 Å². The van der Waals surface area contributed by atoms with Crippen molar-refractivity contribution in [2.45, 2.75) is 39.8 Å². The second-order valence-corrected chi connectivity index (χ2v) is 6.47. The van der Waals surface area contributed by atoms with Crippen molar-refractivity contribution in [1.82, 2.24) is 15.1 Å². The lowest BCUT2D eigenvalue weighted by atomic mass is 10.1. The molecule has 6 nitrogen and oxygen atoms in total. The van der Waals surface area contributed by atoms with Gasteiger partial charge in [0, 0.05) is 17.2 Å². The first kappa shape index (κ1) is 17.7. The first-order valence-electron chi connectivity index (χ1n) is 7.91. The minimum Gasteiger partial charge on any atom is -0.494 e. The third-order valence-electron chi connectivity index (χ3n) is 3.14. The lowest BCUT2D eigenvalue weighted by Crippen LogP contribution is -2.43. The zero-order chi connectivity index (χ0) is 17.7. The number of nitrogens with zero attached hydrogens (tertiary/aromatic N) is 2. The van der Waals surface area contributed by atoms with Crippen LogP contribution in [0.4, 0.5) is 0 Å². The van der Waals surface area contributed by atoms with Gasteiger partial charge < -0.3 is 10.1 Å². The number of ether oxygens (including phenoxy) is 1. The molecule has 1 amide bonds. The van der Waals surface area contributed by atoms with Crippen molar-refractivity contribution in [3.05, 3.63) is 46.8 Å². The van der Waals surface area contributed by atoms with Gasteiger partial charge in [-0.1, -0.05) is 0 Å². The molecule has 0 radical (unpaired) electrons. The molecule has 1 aromatic carbocycles. The molecule has 24 heavy (non-hydrogen) atoms. The van der Waals surface area contributed by atoms with Gasteiger partial charge in [-0.15, -0.1) is 0 Å². The molecular weight excluding hydrogens is 306 g/mol. The summed E-state index contributed by atoms with van der Waals surface area (Å²) in [5, 5.41) is 7.11. The topological polar surface area (TPSA) is 73.2 Å². The van der Waals surface area contributed by atoms with E-state index >= 15 is 0 Å². The molecule has 1 aromatic heterocycles. The molecular formula is C18H23N3O3. The highest BCUT2D eigenvalue weighted by atomic mass is 16.5. The summed E-state index contributed by atoms with van der Waals surface area (Å²) in [6.07, 6.45) is 0. The Kier molecular flexibility index (Phi) is 5.39. The maximum Gasteiger partial charge on any atom is 0.267 e. The summed E-state index contributed by atoms with van der Waals surface area (Å²) in [5.41, 5.74) is 0.811. The zero-order valence-electron chi connectivity index (χ0n) is 14.5. The van der Waals surface area contributed by atoms with Crippen LogP contribution in [-0.4, -0.2) is 27.8 Å². The van der Waals surface area contributed by atoms with Crippen LogP contribution in [0, 0.1) is 0 Å². The van der Waals surface area contributed by atoms with Crippen LogP contribution in [0.25, 0.3) is 11.3 Å². The number of aromatic nitrogens is 2. The number of carbonyl (C=O) groups excluding carboxylic acids is 1. The van der Waals surface area contributed by atoms with Gasteiger partial charge in [0.05, 0.1) is 12.3 Å². The Morgan fingerprint density at radius 2 is 1.83 bits per heavy atom. The van der Waals surface area contributed by atoms with Gasteiger partial charge in [-0.25, -0.2) is 4.68 Å². The van der Waals surface area contributed by atoms with E-state index in [1.807, 2.05) is 52.0 Å². The molecule has 2 aromatic rings. The fourth-order valence-electron chi connectivity index (χ4n) is 2.20. The molecule has 0 spiro atoms. The molecule has 0 saturated heterocycles. The standard InChI is InChI=1S/C18H23N3O3/c1-5-24-14-8-6-13(7-9-14)15-10-11-17(23)21(20-15)12-16(22)19-18(2,3)4/h6-11H,5,12H2,1-4H3,(H,19,22). The van der Waals surface area contributed by atoms with Gasteiger partial charge in [0.1, 0.15) is 12.3 Å². The Morgan fingerprint density at radius 1 is 1.17 bits per heavy atom. The second-order valence-electron chi connectivity index (χ2n) is 6.47. The van der Waals surface area contributed by atoms with E-state index in [0.29, 0.717) is 12.3 Å². The minimum absolute atomic E-state index is 0.110. The van der Waals surface area contributed by atoms with Gasteiger partial charge in [-0.3, -0.25) is 9.59 Å². The van der Waals surface area contributed by atoms with Gasteiger partial charge >= 0.3 is 0 Å². The van der Waals surface area contributed by atoms with Crippen LogP contribution in [0.3, 0.4) is 0 Å². The van der Waals surface area contributed by atoms with Gasteiger partial charge in [-0.2, -0.15) is 5.10 Å². The summed E-state index contributed by atoms with van der Waals surface area (Å²) < 4.78 is 6.58. The lowest BCUT2D eigenvalue weighted by Gasteiger charge is -2.20.